The second-order valence-electron chi connectivity index (χ2n) is 6.04. The Morgan fingerprint density at radius 3 is 2.72 bits per heavy atom. The average Bonchev–Trinajstić information content (AvgIpc) is 2.63. The van der Waals surface area contributed by atoms with Gasteiger partial charge in [0.05, 0.1) is 17.6 Å². The van der Waals surface area contributed by atoms with Crippen LogP contribution in [0.25, 0.3) is 0 Å². The molecule has 0 spiro atoms. The summed E-state index contributed by atoms with van der Waals surface area (Å²) in [6.07, 6.45) is 2.83. The van der Waals surface area contributed by atoms with Crippen LogP contribution in [0.2, 0.25) is 0 Å². The highest BCUT2D eigenvalue weighted by Crippen LogP contribution is 2.18. The van der Waals surface area contributed by atoms with Crippen LogP contribution in [0.4, 0.5) is 10.1 Å². The normalized spacial score (nSPS) is 14.9. The van der Waals surface area contributed by atoms with Crippen LogP contribution < -0.4 is 16.4 Å². The summed E-state index contributed by atoms with van der Waals surface area (Å²) in [6.45, 7) is 1.78. The number of carbonyl (C=O) groups excluding carboxylic acids is 1. The minimum absolute atomic E-state index is 0.0500. The Morgan fingerprint density at radius 1 is 1.28 bits per heavy atom. The Morgan fingerprint density at radius 2 is 2.04 bits per heavy atom. The molecule has 0 bridgehead atoms. The van der Waals surface area contributed by atoms with Crippen LogP contribution in [-0.2, 0) is 0 Å². The highest BCUT2D eigenvalue weighted by atomic mass is 19.1. The molecule has 7 heteroatoms. The quantitative estimate of drug-likeness (QED) is 0.502. The number of hydrogen-bond donors (Lipinski definition) is 4. The van der Waals surface area contributed by atoms with Crippen molar-refractivity contribution in [1.82, 2.24) is 15.6 Å². The number of pyridine rings is 1. The lowest BCUT2D eigenvalue weighted by Crippen LogP contribution is -2.42. The van der Waals surface area contributed by atoms with Crippen molar-refractivity contribution >= 4 is 17.3 Å². The minimum atomic E-state index is -0.473. The molecule has 0 saturated carbocycles. The van der Waals surface area contributed by atoms with Crippen molar-refractivity contribution in [1.29, 1.82) is 5.41 Å². The molecule has 1 saturated heterocycles. The number of anilines is 1. The fourth-order valence-corrected chi connectivity index (χ4v) is 2.81. The molecular formula is C18H20FN5O. The van der Waals surface area contributed by atoms with Crippen LogP contribution in [0, 0.1) is 11.2 Å². The molecule has 2 aromatic rings. The van der Waals surface area contributed by atoms with E-state index in [-0.39, 0.29) is 17.7 Å². The number of carbonyl (C=O) groups is 1. The molecule has 1 aliphatic heterocycles. The van der Waals surface area contributed by atoms with Crippen LogP contribution in [-0.4, -0.2) is 35.7 Å². The van der Waals surface area contributed by atoms with E-state index in [1.165, 1.54) is 12.1 Å². The van der Waals surface area contributed by atoms with Crippen LogP contribution >= 0.6 is 0 Å². The molecule has 130 valence electrons. The maximum atomic E-state index is 13.0. The molecule has 2 heterocycles. The Labute approximate surface area is 145 Å². The van der Waals surface area contributed by atoms with Crippen LogP contribution in [0.1, 0.15) is 34.5 Å². The summed E-state index contributed by atoms with van der Waals surface area (Å²) in [6, 6.07) is 7.62. The molecule has 0 atom stereocenters. The van der Waals surface area contributed by atoms with E-state index in [4.69, 9.17) is 11.1 Å². The number of rotatable bonds is 4. The predicted octanol–water partition coefficient (Wildman–Crippen LogP) is 1.70. The van der Waals surface area contributed by atoms with Gasteiger partial charge in [-0.05, 0) is 56.3 Å². The zero-order chi connectivity index (χ0) is 17.8. The predicted molar refractivity (Wildman–Crippen MR) is 94.3 cm³/mol. The van der Waals surface area contributed by atoms with Gasteiger partial charge in [-0.2, -0.15) is 0 Å². The first-order valence-corrected chi connectivity index (χ1v) is 8.16. The van der Waals surface area contributed by atoms with Gasteiger partial charge in [0.25, 0.3) is 5.91 Å². The number of aromatic nitrogens is 1. The first kappa shape index (κ1) is 17.0. The highest BCUT2D eigenvalue weighted by Gasteiger charge is 2.18. The smallest absolute Gasteiger partial charge is 0.251 e. The summed E-state index contributed by atoms with van der Waals surface area (Å²) in [5.74, 6) is -0.660. The van der Waals surface area contributed by atoms with E-state index < -0.39 is 5.82 Å². The number of hydrogen-bond acceptors (Lipinski definition) is 5. The number of amides is 1. The summed E-state index contributed by atoms with van der Waals surface area (Å²) in [5, 5.41) is 14.5. The molecule has 3 rings (SSSR count). The van der Waals surface area contributed by atoms with Crippen LogP contribution in [0.3, 0.4) is 0 Å². The van der Waals surface area contributed by atoms with Crippen molar-refractivity contribution in [3.63, 3.8) is 0 Å². The molecule has 1 aromatic carbocycles. The first-order valence-electron chi connectivity index (χ1n) is 8.16. The number of piperidine rings is 1. The summed E-state index contributed by atoms with van der Waals surface area (Å²) in [4.78, 5) is 16.4. The summed E-state index contributed by atoms with van der Waals surface area (Å²) >= 11 is 0. The zero-order valence-electron chi connectivity index (χ0n) is 13.7. The standard InChI is InChI=1S/C18H20FN5O/c19-12-2-4-16(23-10-12)17(21)14-9-11(1-3-15(14)20)18(25)24-13-5-7-22-8-6-13/h1-4,9-10,13,21-22H,5-8,20H2,(H,24,25). The monoisotopic (exact) mass is 341 g/mol. The SMILES string of the molecule is N=C(c1ccc(F)cn1)c1cc(C(=O)NC2CCNCC2)ccc1N. The van der Waals surface area contributed by atoms with E-state index in [0.717, 1.165) is 32.1 Å². The molecule has 1 aliphatic rings. The maximum Gasteiger partial charge on any atom is 0.251 e. The largest absolute Gasteiger partial charge is 0.398 e. The van der Waals surface area contributed by atoms with Gasteiger partial charge in [-0.25, -0.2) is 4.39 Å². The van der Waals surface area contributed by atoms with Gasteiger partial charge in [0, 0.05) is 22.9 Å². The second-order valence-corrected chi connectivity index (χ2v) is 6.04. The third kappa shape index (κ3) is 4.00. The van der Waals surface area contributed by atoms with E-state index in [1.807, 2.05) is 0 Å². The topological polar surface area (TPSA) is 104 Å². The molecule has 5 N–H and O–H groups in total. The number of nitrogens with two attached hydrogens (primary N) is 1. The second kappa shape index (κ2) is 7.40. The Bertz CT molecular complexity index is 785. The third-order valence-corrected chi connectivity index (χ3v) is 4.24. The summed E-state index contributed by atoms with van der Waals surface area (Å²) in [7, 11) is 0. The Kier molecular flexibility index (Phi) is 5.04. The van der Waals surface area contributed by atoms with E-state index in [2.05, 4.69) is 15.6 Å². The van der Waals surface area contributed by atoms with Gasteiger partial charge in [0.15, 0.2) is 0 Å². The van der Waals surface area contributed by atoms with Crippen molar-refractivity contribution in [2.24, 2.45) is 0 Å². The van der Waals surface area contributed by atoms with Gasteiger partial charge in [-0.3, -0.25) is 15.2 Å². The number of nitrogens with zero attached hydrogens (tertiary/aromatic N) is 1. The molecule has 0 aliphatic carbocycles. The fourth-order valence-electron chi connectivity index (χ4n) is 2.81. The van der Waals surface area contributed by atoms with E-state index in [0.29, 0.717) is 22.5 Å². The molecule has 6 nitrogen and oxygen atoms in total. The van der Waals surface area contributed by atoms with Crippen LogP contribution in [0.5, 0.6) is 0 Å². The van der Waals surface area contributed by atoms with Gasteiger partial charge in [0.2, 0.25) is 0 Å². The molecule has 1 amide bonds. The Hall–Kier alpha value is -2.80. The van der Waals surface area contributed by atoms with Gasteiger partial charge < -0.3 is 16.4 Å². The molecule has 1 aromatic heterocycles. The number of benzene rings is 1. The van der Waals surface area contributed by atoms with Gasteiger partial charge in [0.1, 0.15) is 5.82 Å². The summed E-state index contributed by atoms with van der Waals surface area (Å²) in [5.41, 5.74) is 7.51. The van der Waals surface area contributed by atoms with E-state index in [1.54, 1.807) is 18.2 Å². The van der Waals surface area contributed by atoms with Crippen molar-refractivity contribution in [2.75, 3.05) is 18.8 Å². The van der Waals surface area contributed by atoms with Crippen molar-refractivity contribution in [3.05, 3.63) is 59.2 Å². The third-order valence-electron chi connectivity index (χ3n) is 4.24. The summed E-state index contributed by atoms with van der Waals surface area (Å²) < 4.78 is 13.0. The fraction of sp³-hybridized carbons (Fsp3) is 0.278. The van der Waals surface area contributed by atoms with Crippen molar-refractivity contribution in [2.45, 2.75) is 18.9 Å². The lowest BCUT2D eigenvalue weighted by atomic mass is 10.0. The number of nitrogens with one attached hydrogen (secondary N) is 3. The lowest BCUT2D eigenvalue weighted by molar-refractivity contribution is 0.0929. The minimum Gasteiger partial charge on any atom is -0.398 e. The molecular weight excluding hydrogens is 321 g/mol. The lowest BCUT2D eigenvalue weighted by Gasteiger charge is -2.23. The zero-order valence-corrected chi connectivity index (χ0v) is 13.7. The Balaban J connectivity index is 1.81. The molecule has 25 heavy (non-hydrogen) atoms. The molecule has 1 fully saturated rings. The number of halogens is 1. The van der Waals surface area contributed by atoms with Crippen molar-refractivity contribution in [3.8, 4) is 0 Å². The molecule has 0 unspecified atom stereocenters. The van der Waals surface area contributed by atoms with Crippen LogP contribution in [0.15, 0.2) is 36.5 Å². The highest BCUT2D eigenvalue weighted by molar-refractivity contribution is 6.13. The first-order chi connectivity index (χ1) is 12.0. The van der Waals surface area contributed by atoms with Gasteiger partial charge in [-0.15, -0.1) is 0 Å². The van der Waals surface area contributed by atoms with E-state index in [9.17, 15) is 9.18 Å². The average molecular weight is 341 g/mol. The van der Waals surface area contributed by atoms with E-state index >= 15 is 0 Å². The van der Waals surface area contributed by atoms with Gasteiger partial charge in [-0.1, -0.05) is 0 Å². The van der Waals surface area contributed by atoms with Gasteiger partial charge >= 0.3 is 0 Å². The molecule has 0 radical (unpaired) electrons. The van der Waals surface area contributed by atoms with Crippen molar-refractivity contribution < 1.29 is 9.18 Å². The maximum absolute atomic E-state index is 13.0. The number of nitrogen functional groups attached to an aromatic ring is 1.